The second-order valence-electron chi connectivity index (χ2n) is 5.08. The SMILES string of the molecule is COCCN(CC(C)C)C1CNCC1C. The van der Waals surface area contributed by atoms with Crippen LogP contribution in [0.3, 0.4) is 0 Å². The second kappa shape index (κ2) is 6.46. The Balaban J connectivity index is 2.46. The minimum absolute atomic E-state index is 0.697. The van der Waals surface area contributed by atoms with Crippen LogP contribution in [0.1, 0.15) is 20.8 Å². The van der Waals surface area contributed by atoms with Crippen molar-refractivity contribution in [3.63, 3.8) is 0 Å². The third kappa shape index (κ3) is 4.09. The highest BCUT2D eigenvalue weighted by Gasteiger charge is 2.28. The van der Waals surface area contributed by atoms with Crippen molar-refractivity contribution < 1.29 is 4.74 Å². The van der Waals surface area contributed by atoms with Crippen LogP contribution in [-0.2, 0) is 4.74 Å². The Hall–Kier alpha value is -0.120. The Labute approximate surface area is 94.2 Å². The van der Waals surface area contributed by atoms with Gasteiger partial charge in [0.05, 0.1) is 6.61 Å². The third-order valence-electron chi connectivity index (χ3n) is 3.13. The van der Waals surface area contributed by atoms with Gasteiger partial charge >= 0.3 is 0 Å². The van der Waals surface area contributed by atoms with Gasteiger partial charge in [0.25, 0.3) is 0 Å². The molecule has 0 aromatic heterocycles. The van der Waals surface area contributed by atoms with Gasteiger partial charge in [0.1, 0.15) is 0 Å². The zero-order valence-corrected chi connectivity index (χ0v) is 10.6. The molecule has 0 saturated carbocycles. The smallest absolute Gasteiger partial charge is 0.0589 e. The van der Waals surface area contributed by atoms with Gasteiger partial charge in [0, 0.05) is 32.8 Å². The first-order valence-electron chi connectivity index (χ1n) is 6.08. The minimum atomic E-state index is 0.697. The maximum absolute atomic E-state index is 5.19. The summed E-state index contributed by atoms with van der Waals surface area (Å²) in [6.07, 6.45) is 0. The van der Waals surface area contributed by atoms with Crippen molar-refractivity contribution >= 4 is 0 Å². The van der Waals surface area contributed by atoms with Crippen molar-refractivity contribution in [3.05, 3.63) is 0 Å². The zero-order valence-electron chi connectivity index (χ0n) is 10.6. The number of hydrogen-bond acceptors (Lipinski definition) is 3. The molecule has 0 aromatic rings. The molecule has 2 unspecified atom stereocenters. The van der Waals surface area contributed by atoms with Gasteiger partial charge in [-0.1, -0.05) is 20.8 Å². The maximum atomic E-state index is 5.19. The van der Waals surface area contributed by atoms with E-state index < -0.39 is 0 Å². The molecule has 0 amide bonds. The lowest BCUT2D eigenvalue weighted by Crippen LogP contribution is -2.43. The van der Waals surface area contributed by atoms with Gasteiger partial charge in [0.2, 0.25) is 0 Å². The Morgan fingerprint density at radius 2 is 2.13 bits per heavy atom. The van der Waals surface area contributed by atoms with Gasteiger partial charge in [-0.3, -0.25) is 4.90 Å². The van der Waals surface area contributed by atoms with E-state index in [1.807, 2.05) is 0 Å². The Bertz CT molecular complexity index is 173. The van der Waals surface area contributed by atoms with Crippen molar-refractivity contribution in [2.45, 2.75) is 26.8 Å². The Morgan fingerprint density at radius 1 is 1.40 bits per heavy atom. The van der Waals surface area contributed by atoms with Crippen LogP contribution in [-0.4, -0.2) is 50.8 Å². The monoisotopic (exact) mass is 214 g/mol. The van der Waals surface area contributed by atoms with E-state index in [0.29, 0.717) is 6.04 Å². The van der Waals surface area contributed by atoms with E-state index >= 15 is 0 Å². The summed E-state index contributed by atoms with van der Waals surface area (Å²) in [4.78, 5) is 2.58. The van der Waals surface area contributed by atoms with E-state index in [2.05, 4.69) is 31.0 Å². The molecule has 15 heavy (non-hydrogen) atoms. The largest absolute Gasteiger partial charge is 0.383 e. The molecule has 1 aliphatic heterocycles. The zero-order chi connectivity index (χ0) is 11.3. The quantitative estimate of drug-likeness (QED) is 0.719. The highest BCUT2D eigenvalue weighted by atomic mass is 16.5. The van der Waals surface area contributed by atoms with Crippen LogP contribution in [0.25, 0.3) is 0 Å². The van der Waals surface area contributed by atoms with Crippen LogP contribution >= 0.6 is 0 Å². The fourth-order valence-electron chi connectivity index (χ4n) is 2.36. The summed E-state index contributed by atoms with van der Waals surface area (Å²) in [7, 11) is 1.78. The summed E-state index contributed by atoms with van der Waals surface area (Å²) < 4.78 is 5.19. The molecule has 0 radical (unpaired) electrons. The van der Waals surface area contributed by atoms with Crippen molar-refractivity contribution in [2.24, 2.45) is 11.8 Å². The number of nitrogens with zero attached hydrogens (tertiary/aromatic N) is 1. The molecule has 3 nitrogen and oxygen atoms in total. The van der Waals surface area contributed by atoms with Gasteiger partial charge in [0.15, 0.2) is 0 Å². The summed E-state index contributed by atoms with van der Waals surface area (Å²) in [5.41, 5.74) is 0. The first-order valence-corrected chi connectivity index (χ1v) is 6.08. The molecule has 1 aliphatic rings. The van der Waals surface area contributed by atoms with E-state index in [0.717, 1.165) is 38.1 Å². The van der Waals surface area contributed by atoms with Crippen molar-refractivity contribution in [2.75, 3.05) is 39.9 Å². The number of rotatable bonds is 6. The Morgan fingerprint density at radius 3 is 2.60 bits per heavy atom. The normalized spacial score (nSPS) is 26.8. The van der Waals surface area contributed by atoms with Crippen LogP contribution in [0.2, 0.25) is 0 Å². The summed E-state index contributed by atoms with van der Waals surface area (Å²) in [6.45, 7) is 12.3. The van der Waals surface area contributed by atoms with Gasteiger partial charge < -0.3 is 10.1 Å². The minimum Gasteiger partial charge on any atom is -0.383 e. The highest BCUT2D eigenvalue weighted by Crippen LogP contribution is 2.16. The Kier molecular flexibility index (Phi) is 5.58. The van der Waals surface area contributed by atoms with Crippen molar-refractivity contribution in [1.82, 2.24) is 10.2 Å². The third-order valence-corrected chi connectivity index (χ3v) is 3.13. The fraction of sp³-hybridized carbons (Fsp3) is 1.00. The number of nitrogens with one attached hydrogen (secondary N) is 1. The maximum Gasteiger partial charge on any atom is 0.0589 e. The molecule has 1 saturated heterocycles. The molecular weight excluding hydrogens is 188 g/mol. The van der Waals surface area contributed by atoms with Crippen LogP contribution in [0.4, 0.5) is 0 Å². The number of methoxy groups -OCH3 is 1. The molecule has 3 heteroatoms. The molecule has 90 valence electrons. The highest BCUT2D eigenvalue weighted by molar-refractivity contribution is 4.86. The predicted octanol–water partition coefficient (Wildman–Crippen LogP) is 1.20. The second-order valence-corrected chi connectivity index (χ2v) is 5.08. The molecule has 0 aromatic carbocycles. The molecule has 2 atom stereocenters. The topological polar surface area (TPSA) is 24.5 Å². The molecule has 0 aliphatic carbocycles. The van der Waals surface area contributed by atoms with Crippen LogP contribution in [0.15, 0.2) is 0 Å². The lowest BCUT2D eigenvalue weighted by molar-refractivity contribution is 0.102. The van der Waals surface area contributed by atoms with Crippen molar-refractivity contribution in [1.29, 1.82) is 0 Å². The molecule has 0 spiro atoms. The summed E-state index contributed by atoms with van der Waals surface area (Å²) in [6, 6.07) is 0.697. The van der Waals surface area contributed by atoms with Crippen LogP contribution in [0.5, 0.6) is 0 Å². The van der Waals surface area contributed by atoms with Gasteiger partial charge in [-0.15, -0.1) is 0 Å². The van der Waals surface area contributed by atoms with Gasteiger partial charge in [-0.05, 0) is 18.4 Å². The van der Waals surface area contributed by atoms with E-state index in [1.165, 1.54) is 6.54 Å². The molecule has 1 rings (SSSR count). The molecule has 1 fully saturated rings. The average Bonchev–Trinajstić information content (AvgIpc) is 2.58. The molecule has 0 bridgehead atoms. The summed E-state index contributed by atoms with van der Waals surface area (Å²) in [5.74, 6) is 1.50. The summed E-state index contributed by atoms with van der Waals surface area (Å²) in [5, 5.41) is 3.47. The van der Waals surface area contributed by atoms with Gasteiger partial charge in [-0.25, -0.2) is 0 Å². The lowest BCUT2D eigenvalue weighted by atomic mass is 10.0. The number of hydrogen-bond donors (Lipinski definition) is 1. The van der Waals surface area contributed by atoms with Crippen LogP contribution in [0, 0.1) is 11.8 Å². The van der Waals surface area contributed by atoms with E-state index in [-0.39, 0.29) is 0 Å². The van der Waals surface area contributed by atoms with E-state index in [1.54, 1.807) is 7.11 Å². The van der Waals surface area contributed by atoms with E-state index in [4.69, 9.17) is 4.74 Å². The number of ether oxygens (including phenoxy) is 1. The molecule has 1 N–H and O–H groups in total. The summed E-state index contributed by atoms with van der Waals surface area (Å²) >= 11 is 0. The molecule has 1 heterocycles. The standard InChI is InChI=1S/C12H26N2O/c1-10(2)9-14(5-6-15-4)12-8-13-7-11(12)3/h10-13H,5-9H2,1-4H3. The fourth-order valence-corrected chi connectivity index (χ4v) is 2.36. The lowest BCUT2D eigenvalue weighted by Gasteiger charge is -2.32. The van der Waals surface area contributed by atoms with Crippen LogP contribution < -0.4 is 5.32 Å². The van der Waals surface area contributed by atoms with Gasteiger partial charge in [-0.2, -0.15) is 0 Å². The van der Waals surface area contributed by atoms with Crippen molar-refractivity contribution in [3.8, 4) is 0 Å². The average molecular weight is 214 g/mol. The van der Waals surface area contributed by atoms with E-state index in [9.17, 15) is 0 Å². The first kappa shape index (κ1) is 12.9. The first-order chi connectivity index (χ1) is 7.15. The molecular formula is C12H26N2O. The predicted molar refractivity (Wildman–Crippen MR) is 64.1 cm³/mol.